The van der Waals surface area contributed by atoms with Crippen molar-refractivity contribution in [1.29, 1.82) is 0 Å². The predicted octanol–water partition coefficient (Wildman–Crippen LogP) is 2.49. The van der Waals surface area contributed by atoms with E-state index in [9.17, 15) is 0 Å². The van der Waals surface area contributed by atoms with Crippen molar-refractivity contribution in [3.05, 3.63) is 35.9 Å². The fourth-order valence-electron chi connectivity index (χ4n) is 3.21. The molecule has 0 radical (unpaired) electrons. The van der Waals surface area contributed by atoms with Gasteiger partial charge in [-0.15, -0.1) is 0 Å². The van der Waals surface area contributed by atoms with Crippen molar-refractivity contribution in [3.63, 3.8) is 0 Å². The number of hydrogen-bond acceptors (Lipinski definition) is 4. The molecular weight excluding hydrogens is 254 g/mol. The molecule has 1 unspecified atom stereocenters. The van der Waals surface area contributed by atoms with Crippen molar-refractivity contribution in [2.45, 2.75) is 43.1 Å². The van der Waals surface area contributed by atoms with E-state index in [0.717, 1.165) is 24.3 Å². The zero-order chi connectivity index (χ0) is 13.6. The van der Waals surface area contributed by atoms with Crippen LogP contribution < -0.4 is 0 Å². The molecule has 1 aromatic rings. The Morgan fingerprint density at radius 3 is 2.70 bits per heavy atom. The van der Waals surface area contributed by atoms with E-state index < -0.39 is 0 Å². The Morgan fingerprint density at radius 2 is 2.10 bits per heavy atom. The molecule has 0 aromatic heterocycles. The zero-order valence-electron chi connectivity index (χ0n) is 11.6. The van der Waals surface area contributed by atoms with Crippen molar-refractivity contribution in [2.75, 3.05) is 13.7 Å². The van der Waals surface area contributed by atoms with Gasteiger partial charge < -0.3 is 14.2 Å². The van der Waals surface area contributed by atoms with Crippen molar-refractivity contribution in [1.82, 2.24) is 0 Å². The first kappa shape index (κ1) is 12.4. The molecule has 0 N–H and O–H groups in total. The number of methoxy groups -OCH3 is 1. The molecule has 106 valence electrons. The third-order valence-electron chi connectivity index (χ3n) is 4.55. The smallest absolute Gasteiger partial charge is 0.217 e. The second kappa shape index (κ2) is 4.57. The number of ether oxygens (including phenoxy) is 3. The maximum Gasteiger partial charge on any atom is 0.217 e. The van der Waals surface area contributed by atoms with Gasteiger partial charge in [-0.3, -0.25) is 0 Å². The second-order valence-corrected chi connectivity index (χ2v) is 5.86. The number of hydrogen-bond donors (Lipinski definition) is 0. The summed E-state index contributed by atoms with van der Waals surface area (Å²) in [5.41, 5.74) is 1.22. The Balaban J connectivity index is 1.54. The van der Waals surface area contributed by atoms with E-state index in [0.29, 0.717) is 6.61 Å². The zero-order valence-corrected chi connectivity index (χ0v) is 11.6. The molecule has 3 aliphatic rings. The highest BCUT2D eigenvalue weighted by Crippen LogP contribution is 2.54. The number of epoxide rings is 1. The monoisotopic (exact) mass is 273 g/mol. The largest absolute Gasteiger partial charge is 0.468 e. The molecule has 3 atom stereocenters. The van der Waals surface area contributed by atoms with Crippen LogP contribution in [0.3, 0.4) is 0 Å². The standard InChI is InChI=1S/C16H19NO3/c1-18-10-12-13(11-6-3-2-4-7-11)19-15(17-12)14-16(20-14)8-5-9-16/h2-4,6-7,12-14H,5,8-10H2,1H3/t12-,13-,14?/m0/s1. The molecule has 0 amide bonds. The normalized spacial score (nSPS) is 33.5. The molecule has 0 bridgehead atoms. The van der Waals surface area contributed by atoms with Crippen molar-refractivity contribution in [3.8, 4) is 0 Å². The van der Waals surface area contributed by atoms with E-state index in [1.165, 1.54) is 6.42 Å². The Hall–Kier alpha value is -1.39. The molecule has 4 heteroatoms. The molecule has 1 saturated heterocycles. The lowest BCUT2D eigenvalue weighted by atomic mass is 9.82. The van der Waals surface area contributed by atoms with E-state index in [-0.39, 0.29) is 23.9 Å². The minimum absolute atomic E-state index is 0.0266. The maximum absolute atomic E-state index is 6.11. The first-order chi connectivity index (χ1) is 9.82. The van der Waals surface area contributed by atoms with Crippen LogP contribution in [0.15, 0.2) is 35.3 Å². The number of nitrogens with zero attached hydrogens (tertiary/aromatic N) is 1. The van der Waals surface area contributed by atoms with Crippen LogP contribution in [0.4, 0.5) is 0 Å². The number of rotatable bonds is 4. The molecule has 2 aliphatic heterocycles. The Labute approximate surface area is 118 Å². The fraction of sp³-hybridized carbons (Fsp3) is 0.562. The van der Waals surface area contributed by atoms with Gasteiger partial charge in [0.2, 0.25) is 5.90 Å². The maximum atomic E-state index is 6.11. The average Bonchev–Trinajstić information content (AvgIpc) is 3.09. The lowest BCUT2D eigenvalue weighted by molar-refractivity contribution is 0.118. The molecule has 1 saturated carbocycles. The minimum atomic E-state index is -0.0486. The van der Waals surface area contributed by atoms with Gasteiger partial charge in [-0.1, -0.05) is 30.3 Å². The van der Waals surface area contributed by atoms with Gasteiger partial charge in [0.15, 0.2) is 6.10 Å². The fourth-order valence-corrected chi connectivity index (χ4v) is 3.21. The quantitative estimate of drug-likeness (QED) is 0.792. The SMILES string of the molecule is COC[C@@H]1N=C(C2OC23CCC3)O[C@H]1c1ccccc1. The van der Waals surface area contributed by atoms with Crippen LogP contribution in [0.1, 0.15) is 30.9 Å². The first-order valence-corrected chi connectivity index (χ1v) is 7.28. The molecular formula is C16H19NO3. The second-order valence-electron chi connectivity index (χ2n) is 5.86. The number of benzene rings is 1. The van der Waals surface area contributed by atoms with Crippen molar-refractivity contribution >= 4 is 5.90 Å². The number of aliphatic imine (C=N–C) groups is 1. The topological polar surface area (TPSA) is 43.3 Å². The summed E-state index contributed by atoms with van der Waals surface area (Å²) in [4.78, 5) is 4.72. The predicted molar refractivity (Wildman–Crippen MR) is 74.8 cm³/mol. The lowest BCUT2D eigenvalue weighted by Gasteiger charge is -2.21. The molecule has 4 rings (SSSR count). The van der Waals surface area contributed by atoms with E-state index in [4.69, 9.17) is 19.2 Å². The minimum Gasteiger partial charge on any atom is -0.468 e. The van der Waals surface area contributed by atoms with E-state index in [1.54, 1.807) is 7.11 Å². The van der Waals surface area contributed by atoms with Crippen LogP contribution >= 0.6 is 0 Å². The van der Waals surface area contributed by atoms with E-state index in [2.05, 4.69) is 12.1 Å². The highest BCUT2D eigenvalue weighted by molar-refractivity contribution is 5.87. The average molecular weight is 273 g/mol. The highest BCUT2D eigenvalue weighted by atomic mass is 16.6. The summed E-state index contributed by atoms with van der Waals surface area (Å²) in [5.74, 6) is 0.778. The first-order valence-electron chi connectivity index (χ1n) is 7.28. The molecule has 1 spiro atoms. The lowest BCUT2D eigenvalue weighted by Crippen LogP contribution is -2.28. The Bertz CT molecular complexity index is 524. The van der Waals surface area contributed by atoms with E-state index >= 15 is 0 Å². The molecule has 2 heterocycles. The van der Waals surface area contributed by atoms with Crippen LogP contribution in [0.5, 0.6) is 0 Å². The van der Waals surface area contributed by atoms with Crippen LogP contribution in [-0.2, 0) is 14.2 Å². The molecule has 2 fully saturated rings. The van der Waals surface area contributed by atoms with Gasteiger partial charge in [0.25, 0.3) is 0 Å². The summed E-state index contributed by atoms with van der Waals surface area (Å²) >= 11 is 0. The Kier molecular flexibility index (Phi) is 2.82. The molecule has 20 heavy (non-hydrogen) atoms. The summed E-state index contributed by atoms with van der Waals surface area (Å²) < 4.78 is 17.2. The molecule has 4 nitrogen and oxygen atoms in total. The summed E-state index contributed by atoms with van der Waals surface area (Å²) in [6, 6.07) is 10.3. The van der Waals surface area contributed by atoms with Gasteiger partial charge in [-0.2, -0.15) is 0 Å². The van der Waals surface area contributed by atoms with Gasteiger partial charge in [0, 0.05) is 7.11 Å². The molecule has 1 aromatic carbocycles. The van der Waals surface area contributed by atoms with Crippen molar-refractivity contribution < 1.29 is 14.2 Å². The highest BCUT2D eigenvalue weighted by Gasteiger charge is 2.64. The van der Waals surface area contributed by atoms with Crippen LogP contribution in [-0.4, -0.2) is 37.4 Å². The third kappa shape index (κ3) is 1.86. The van der Waals surface area contributed by atoms with Gasteiger partial charge in [-0.25, -0.2) is 4.99 Å². The Morgan fingerprint density at radius 1 is 1.30 bits per heavy atom. The van der Waals surface area contributed by atoms with E-state index in [1.807, 2.05) is 18.2 Å². The van der Waals surface area contributed by atoms with Gasteiger partial charge in [-0.05, 0) is 24.8 Å². The van der Waals surface area contributed by atoms with Gasteiger partial charge >= 0.3 is 0 Å². The van der Waals surface area contributed by atoms with Crippen LogP contribution in [0.2, 0.25) is 0 Å². The van der Waals surface area contributed by atoms with Gasteiger partial charge in [0.1, 0.15) is 17.7 Å². The third-order valence-corrected chi connectivity index (χ3v) is 4.55. The van der Waals surface area contributed by atoms with Gasteiger partial charge in [0.05, 0.1) is 6.61 Å². The molecule has 1 aliphatic carbocycles. The summed E-state index contributed by atoms with van der Waals surface area (Å²) in [6.07, 6.45) is 3.58. The summed E-state index contributed by atoms with van der Waals surface area (Å²) in [6.45, 7) is 0.572. The van der Waals surface area contributed by atoms with Crippen LogP contribution in [0, 0.1) is 0 Å². The summed E-state index contributed by atoms with van der Waals surface area (Å²) in [7, 11) is 1.70. The van der Waals surface area contributed by atoms with Crippen LogP contribution in [0.25, 0.3) is 0 Å². The van der Waals surface area contributed by atoms with Crippen molar-refractivity contribution in [2.24, 2.45) is 4.99 Å². The summed E-state index contributed by atoms with van der Waals surface area (Å²) in [5, 5.41) is 0.